The number of anilines is 3. The van der Waals surface area contributed by atoms with Crippen molar-refractivity contribution >= 4 is 23.0 Å². The van der Waals surface area contributed by atoms with Crippen LogP contribution in [0.2, 0.25) is 0 Å². The van der Waals surface area contributed by atoms with E-state index in [-0.39, 0.29) is 17.4 Å². The van der Waals surface area contributed by atoms with E-state index in [1.54, 1.807) is 18.0 Å². The van der Waals surface area contributed by atoms with E-state index >= 15 is 0 Å². The maximum absolute atomic E-state index is 13.1. The van der Waals surface area contributed by atoms with Crippen molar-refractivity contribution in [2.24, 2.45) is 5.92 Å². The van der Waals surface area contributed by atoms with Crippen LogP contribution >= 0.6 is 0 Å². The smallest absolute Gasteiger partial charge is 0.293 e. The standard InChI is InChI=1S/C24H31N5O2/c1-18-8-10-29(11-9-18)22-16-19(28-14-12-26(2)13-15-28)4-6-21(22)27(3)24(30)23-7-5-20(17-25)31-23/h4-7,16,18H,8-15H2,1-3H3. The summed E-state index contributed by atoms with van der Waals surface area (Å²) in [6.07, 6.45) is 2.30. The summed E-state index contributed by atoms with van der Waals surface area (Å²) in [5.74, 6) is 0.806. The number of piperazine rings is 1. The lowest BCUT2D eigenvalue weighted by Gasteiger charge is -2.37. The molecule has 7 nitrogen and oxygen atoms in total. The highest BCUT2D eigenvalue weighted by molar-refractivity contribution is 6.06. The largest absolute Gasteiger partial charge is 0.440 e. The Balaban J connectivity index is 1.65. The van der Waals surface area contributed by atoms with Gasteiger partial charge < -0.3 is 24.0 Å². The van der Waals surface area contributed by atoms with E-state index in [0.29, 0.717) is 0 Å². The van der Waals surface area contributed by atoms with E-state index in [0.717, 1.165) is 69.4 Å². The molecule has 1 aromatic carbocycles. The van der Waals surface area contributed by atoms with Gasteiger partial charge >= 0.3 is 0 Å². The zero-order valence-electron chi connectivity index (χ0n) is 18.7. The Morgan fingerprint density at radius 1 is 1.06 bits per heavy atom. The minimum absolute atomic E-state index is 0.146. The van der Waals surface area contributed by atoms with Crippen LogP contribution < -0.4 is 14.7 Å². The summed E-state index contributed by atoms with van der Waals surface area (Å²) in [7, 11) is 3.94. The van der Waals surface area contributed by atoms with Crippen molar-refractivity contribution in [2.45, 2.75) is 19.8 Å². The van der Waals surface area contributed by atoms with Gasteiger partial charge in [0.05, 0.1) is 11.4 Å². The summed E-state index contributed by atoms with van der Waals surface area (Å²) < 4.78 is 5.39. The van der Waals surface area contributed by atoms with Crippen LogP contribution in [-0.2, 0) is 0 Å². The van der Waals surface area contributed by atoms with Crippen molar-refractivity contribution in [2.75, 3.05) is 68.1 Å². The molecular weight excluding hydrogens is 390 g/mol. The lowest BCUT2D eigenvalue weighted by Crippen LogP contribution is -2.44. The lowest BCUT2D eigenvalue weighted by atomic mass is 9.98. The quantitative estimate of drug-likeness (QED) is 0.754. The van der Waals surface area contributed by atoms with Crippen molar-refractivity contribution in [1.82, 2.24) is 4.90 Å². The average molecular weight is 422 g/mol. The Bertz CT molecular complexity index is 963. The normalized spacial score (nSPS) is 18.1. The van der Waals surface area contributed by atoms with Gasteiger partial charge in [0.1, 0.15) is 6.07 Å². The molecule has 2 fully saturated rings. The molecule has 4 rings (SSSR count). The summed E-state index contributed by atoms with van der Waals surface area (Å²) in [4.78, 5) is 21.9. The van der Waals surface area contributed by atoms with Gasteiger partial charge in [0.2, 0.25) is 5.76 Å². The molecule has 0 radical (unpaired) electrons. The molecule has 2 aliphatic rings. The van der Waals surface area contributed by atoms with E-state index in [2.05, 4.69) is 40.8 Å². The Labute approximate surface area is 184 Å². The van der Waals surface area contributed by atoms with E-state index in [1.165, 1.54) is 11.8 Å². The minimum Gasteiger partial charge on any atom is -0.440 e. The minimum atomic E-state index is -0.250. The number of carbonyl (C=O) groups is 1. The van der Waals surface area contributed by atoms with Crippen LogP contribution in [0.5, 0.6) is 0 Å². The van der Waals surface area contributed by atoms with Gasteiger partial charge in [-0.05, 0) is 56.1 Å². The molecule has 0 N–H and O–H groups in total. The first kappa shape index (κ1) is 21.3. The fraction of sp³-hybridized carbons (Fsp3) is 0.500. The van der Waals surface area contributed by atoms with Crippen molar-refractivity contribution in [3.8, 4) is 6.07 Å². The van der Waals surface area contributed by atoms with Crippen molar-refractivity contribution in [3.05, 3.63) is 41.9 Å². The molecule has 0 spiro atoms. The molecule has 1 amide bonds. The average Bonchev–Trinajstić information content (AvgIpc) is 3.28. The first-order chi connectivity index (χ1) is 15.0. The predicted octanol–water partition coefficient (Wildman–Crippen LogP) is 3.42. The topological polar surface area (TPSA) is 67.0 Å². The van der Waals surface area contributed by atoms with Gasteiger partial charge in [0.25, 0.3) is 5.91 Å². The van der Waals surface area contributed by atoms with Crippen LogP contribution in [0.4, 0.5) is 17.1 Å². The second-order valence-electron chi connectivity index (χ2n) is 8.77. The fourth-order valence-electron chi connectivity index (χ4n) is 4.35. The molecule has 31 heavy (non-hydrogen) atoms. The number of carbonyl (C=O) groups excluding carboxylic acids is 1. The molecule has 2 aromatic rings. The number of rotatable bonds is 4. The molecular formula is C24H31N5O2. The molecule has 0 aliphatic carbocycles. The summed E-state index contributed by atoms with van der Waals surface area (Å²) in [5, 5.41) is 9.01. The molecule has 2 aliphatic heterocycles. The van der Waals surface area contributed by atoms with Gasteiger partial charge in [-0.25, -0.2) is 0 Å². The SMILES string of the molecule is CC1CCN(c2cc(N3CCN(C)CC3)ccc2N(C)C(=O)c2ccc(C#N)o2)CC1. The summed E-state index contributed by atoms with van der Waals surface area (Å²) >= 11 is 0. The van der Waals surface area contributed by atoms with Crippen LogP contribution in [-0.4, -0.2) is 64.2 Å². The molecule has 164 valence electrons. The van der Waals surface area contributed by atoms with Crippen LogP contribution in [0.25, 0.3) is 0 Å². The Morgan fingerprint density at radius 2 is 1.77 bits per heavy atom. The highest BCUT2D eigenvalue weighted by Crippen LogP contribution is 2.36. The first-order valence-electron chi connectivity index (χ1n) is 11.1. The third kappa shape index (κ3) is 4.54. The van der Waals surface area contributed by atoms with Crippen molar-refractivity contribution in [1.29, 1.82) is 5.26 Å². The summed E-state index contributed by atoms with van der Waals surface area (Å²) in [6, 6.07) is 11.4. The van der Waals surface area contributed by atoms with E-state index in [1.807, 2.05) is 12.1 Å². The second kappa shape index (κ2) is 9.03. The Hall–Kier alpha value is -2.98. The van der Waals surface area contributed by atoms with Gasteiger partial charge in [-0.1, -0.05) is 6.92 Å². The summed E-state index contributed by atoms with van der Waals surface area (Å²) in [5.41, 5.74) is 3.16. The number of piperidine rings is 1. The molecule has 0 atom stereocenters. The number of likely N-dealkylation sites (N-methyl/N-ethyl adjacent to an activating group) is 1. The first-order valence-corrected chi connectivity index (χ1v) is 11.1. The lowest BCUT2D eigenvalue weighted by molar-refractivity contribution is 0.0966. The zero-order chi connectivity index (χ0) is 22.0. The number of nitriles is 1. The molecule has 2 saturated heterocycles. The molecule has 1 aromatic heterocycles. The highest BCUT2D eigenvalue weighted by Gasteiger charge is 2.25. The number of nitrogens with zero attached hydrogens (tertiary/aromatic N) is 5. The highest BCUT2D eigenvalue weighted by atomic mass is 16.3. The van der Waals surface area contributed by atoms with Crippen LogP contribution in [0.15, 0.2) is 34.7 Å². The number of benzene rings is 1. The van der Waals surface area contributed by atoms with E-state index < -0.39 is 0 Å². The van der Waals surface area contributed by atoms with Gasteiger partial charge in [-0.3, -0.25) is 4.79 Å². The van der Waals surface area contributed by atoms with E-state index in [4.69, 9.17) is 9.68 Å². The number of furan rings is 1. The van der Waals surface area contributed by atoms with Gasteiger partial charge in [0, 0.05) is 52.0 Å². The van der Waals surface area contributed by atoms with Gasteiger partial charge in [-0.2, -0.15) is 5.26 Å². The predicted molar refractivity (Wildman–Crippen MR) is 123 cm³/mol. The van der Waals surface area contributed by atoms with Gasteiger partial charge in [-0.15, -0.1) is 0 Å². The number of hydrogen-bond acceptors (Lipinski definition) is 6. The number of hydrogen-bond donors (Lipinski definition) is 0. The zero-order valence-corrected chi connectivity index (χ0v) is 18.7. The fourth-order valence-corrected chi connectivity index (χ4v) is 4.35. The van der Waals surface area contributed by atoms with Crippen LogP contribution in [0.1, 0.15) is 36.1 Å². The summed E-state index contributed by atoms with van der Waals surface area (Å²) in [6.45, 7) is 8.39. The van der Waals surface area contributed by atoms with Crippen LogP contribution in [0, 0.1) is 17.2 Å². The maximum Gasteiger partial charge on any atom is 0.293 e. The Morgan fingerprint density at radius 3 is 2.42 bits per heavy atom. The molecule has 3 heterocycles. The third-order valence-electron chi connectivity index (χ3n) is 6.54. The number of amides is 1. The molecule has 7 heteroatoms. The third-order valence-corrected chi connectivity index (χ3v) is 6.54. The van der Waals surface area contributed by atoms with Crippen molar-refractivity contribution in [3.63, 3.8) is 0 Å². The molecule has 0 saturated carbocycles. The van der Waals surface area contributed by atoms with Gasteiger partial charge in [0.15, 0.2) is 5.76 Å². The molecule has 0 unspecified atom stereocenters. The van der Waals surface area contributed by atoms with E-state index in [9.17, 15) is 4.79 Å². The maximum atomic E-state index is 13.1. The van der Waals surface area contributed by atoms with Crippen LogP contribution in [0.3, 0.4) is 0 Å². The van der Waals surface area contributed by atoms with Crippen molar-refractivity contribution < 1.29 is 9.21 Å². The second-order valence-corrected chi connectivity index (χ2v) is 8.77. The monoisotopic (exact) mass is 421 g/mol. The Kier molecular flexibility index (Phi) is 6.19. The molecule has 0 bridgehead atoms.